The fourth-order valence-corrected chi connectivity index (χ4v) is 3.31. The highest BCUT2D eigenvalue weighted by Gasteiger charge is 2.19. The van der Waals surface area contributed by atoms with Crippen molar-refractivity contribution in [3.63, 3.8) is 0 Å². The largest absolute Gasteiger partial charge is 0.492 e. The summed E-state index contributed by atoms with van der Waals surface area (Å²) in [6, 6.07) is 12.5. The zero-order chi connectivity index (χ0) is 21.0. The van der Waals surface area contributed by atoms with E-state index in [0.717, 1.165) is 16.5 Å². The lowest BCUT2D eigenvalue weighted by Crippen LogP contribution is -2.11. The number of esters is 2. The van der Waals surface area contributed by atoms with E-state index < -0.39 is 5.97 Å². The summed E-state index contributed by atoms with van der Waals surface area (Å²) in [6.07, 6.45) is 0.126. The second-order valence-corrected chi connectivity index (χ2v) is 7.03. The molecule has 0 spiro atoms. The predicted molar refractivity (Wildman–Crippen MR) is 111 cm³/mol. The minimum absolute atomic E-state index is 0.126. The molecule has 0 saturated heterocycles. The number of carbonyl (C=O) groups excluding carboxylic acids is 2. The second kappa shape index (κ2) is 9.20. The predicted octanol–water partition coefficient (Wildman–Crippen LogP) is 4.72. The Morgan fingerprint density at radius 2 is 1.79 bits per heavy atom. The maximum Gasteiger partial charge on any atom is 0.354 e. The molecule has 0 aliphatic heterocycles. The van der Waals surface area contributed by atoms with Crippen LogP contribution in [0.5, 0.6) is 5.75 Å². The molecule has 0 N–H and O–H groups in total. The maximum atomic E-state index is 12.4. The van der Waals surface area contributed by atoms with Gasteiger partial charge < -0.3 is 18.8 Å². The zero-order valence-electron chi connectivity index (χ0n) is 15.9. The van der Waals surface area contributed by atoms with Crippen molar-refractivity contribution in [3.8, 4) is 5.75 Å². The molecule has 0 aliphatic rings. The van der Waals surface area contributed by atoms with E-state index in [-0.39, 0.29) is 19.0 Å². The van der Waals surface area contributed by atoms with E-state index in [1.807, 2.05) is 22.8 Å². The van der Waals surface area contributed by atoms with Crippen molar-refractivity contribution in [3.05, 3.63) is 63.8 Å². The molecular formula is C21H19Cl2NO5. The van der Waals surface area contributed by atoms with Gasteiger partial charge in [-0.25, -0.2) is 4.79 Å². The normalized spacial score (nSPS) is 10.8. The molecular weight excluding hydrogens is 417 g/mol. The third kappa shape index (κ3) is 4.66. The molecule has 29 heavy (non-hydrogen) atoms. The molecule has 1 aromatic heterocycles. The molecule has 152 valence electrons. The van der Waals surface area contributed by atoms with Gasteiger partial charge in [-0.2, -0.15) is 0 Å². The lowest BCUT2D eigenvalue weighted by atomic mass is 10.2. The highest BCUT2D eigenvalue weighted by Crippen LogP contribution is 2.31. The highest BCUT2D eigenvalue weighted by molar-refractivity contribution is 6.42. The van der Waals surface area contributed by atoms with Crippen molar-refractivity contribution >= 4 is 46.0 Å². The maximum absolute atomic E-state index is 12.4. The summed E-state index contributed by atoms with van der Waals surface area (Å²) in [5, 5.41) is 1.63. The number of hydrogen-bond acceptors (Lipinski definition) is 5. The fraction of sp³-hybridized carbons (Fsp3) is 0.238. The molecule has 0 atom stereocenters. The van der Waals surface area contributed by atoms with Gasteiger partial charge in [0.05, 0.1) is 42.8 Å². The molecule has 0 unspecified atom stereocenters. The van der Waals surface area contributed by atoms with E-state index in [4.69, 9.17) is 32.7 Å². The lowest BCUT2D eigenvalue weighted by Gasteiger charge is -2.11. The van der Waals surface area contributed by atoms with Crippen molar-refractivity contribution in [1.82, 2.24) is 4.57 Å². The summed E-state index contributed by atoms with van der Waals surface area (Å²) in [4.78, 5) is 23.7. The number of ether oxygens (including phenoxy) is 3. The van der Waals surface area contributed by atoms with Gasteiger partial charge in [-0.05, 0) is 35.9 Å². The number of hydrogen-bond donors (Lipinski definition) is 0. The Balaban J connectivity index is 2.00. The van der Waals surface area contributed by atoms with Crippen LogP contribution in [-0.4, -0.2) is 37.3 Å². The van der Waals surface area contributed by atoms with E-state index in [0.29, 0.717) is 28.0 Å². The molecule has 0 amide bonds. The molecule has 0 saturated carbocycles. The Labute approximate surface area is 177 Å². The standard InChI is InChI=1S/C21H19Cl2NO5/c1-27-20(25)8-9-29-19-5-3-4-17-14(19)11-18(21(26)28-2)24(17)12-13-6-7-15(22)16(23)10-13/h3-7,10-11H,8-9,12H2,1-2H3. The molecule has 3 rings (SSSR count). The van der Waals surface area contributed by atoms with Crippen LogP contribution in [0.2, 0.25) is 10.0 Å². The van der Waals surface area contributed by atoms with Crippen molar-refractivity contribution < 1.29 is 23.8 Å². The molecule has 1 heterocycles. The minimum atomic E-state index is -0.471. The van der Waals surface area contributed by atoms with Crippen LogP contribution in [0.25, 0.3) is 10.9 Å². The van der Waals surface area contributed by atoms with Crippen LogP contribution >= 0.6 is 23.2 Å². The molecule has 8 heteroatoms. The van der Waals surface area contributed by atoms with Crippen LogP contribution in [0.3, 0.4) is 0 Å². The van der Waals surface area contributed by atoms with Gasteiger partial charge in [-0.3, -0.25) is 4.79 Å². The van der Waals surface area contributed by atoms with Crippen LogP contribution in [0.15, 0.2) is 42.5 Å². The molecule has 3 aromatic rings. The summed E-state index contributed by atoms with van der Waals surface area (Å²) in [7, 11) is 2.66. The van der Waals surface area contributed by atoms with E-state index in [2.05, 4.69) is 4.74 Å². The first-order chi connectivity index (χ1) is 13.9. The van der Waals surface area contributed by atoms with Crippen molar-refractivity contribution in [2.24, 2.45) is 0 Å². The Hall–Kier alpha value is -2.70. The first kappa shape index (κ1) is 21.0. The van der Waals surface area contributed by atoms with Crippen LogP contribution in [0.1, 0.15) is 22.5 Å². The van der Waals surface area contributed by atoms with Gasteiger partial charge in [-0.15, -0.1) is 0 Å². The first-order valence-corrected chi connectivity index (χ1v) is 9.54. The minimum Gasteiger partial charge on any atom is -0.492 e. The van der Waals surface area contributed by atoms with Gasteiger partial charge in [-0.1, -0.05) is 35.3 Å². The van der Waals surface area contributed by atoms with Crippen LogP contribution < -0.4 is 4.74 Å². The number of rotatable bonds is 7. The number of methoxy groups -OCH3 is 2. The van der Waals surface area contributed by atoms with E-state index in [1.54, 1.807) is 24.3 Å². The number of nitrogens with zero attached hydrogens (tertiary/aromatic N) is 1. The summed E-state index contributed by atoms with van der Waals surface area (Å²) < 4.78 is 17.2. The van der Waals surface area contributed by atoms with Crippen molar-refractivity contribution in [1.29, 1.82) is 0 Å². The van der Waals surface area contributed by atoms with Crippen LogP contribution in [-0.2, 0) is 20.8 Å². The van der Waals surface area contributed by atoms with Gasteiger partial charge >= 0.3 is 11.9 Å². The zero-order valence-corrected chi connectivity index (χ0v) is 17.4. The molecule has 0 bridgehead atoms. The van der Waals surface area contributed by atoms with E-state index in [9.17, 15) is 9.59 Å². The number of benzene rings is 2. The van der Waals surface area contributed by atoms with Gasteiger partial charge in [0.25, 0.3) is 0 Å². The number of carbonyl (C=O) groups is 2. The molecule has 0 radical (unpaired) electrons. The summed E-state index contributed by atoms with van der Waals surface area (Å²) in [5.74, 6) is -0.268. The number of halogens is 2. The topological polar surface area (TPSA) is 66.8 Å². The van der Waals surface area contributed by atoms with Crippen LogP contribution in [0, 0.1) is 0 Å². The van der Waals surface area contributed by atoms with E-state index >= 15 is 0 Å². The Bertz CT molecular complexity index is 1060. The third-order valence-electron chi connectivity index (χ3n) is 4.42. The smallest absolute Gasteiger partial charge is 0.354 e. The third-order valence-corrected chi connectivity index (χ3v) is 5.16. The molecule has 2 aromatic carbocycles. The fourth-order valence-electron chi connectivity index (χ4n) is 2.99. The summed E-state index contributed by atoms with van der Waals surface area (Å²) in [5.41, 5.74) is 2.03. The Morgan fingerprint density at radius 1 is 1.00 bits per heavy atom. The quantitative estimate of drug-likeness (QED) is 0.502. The molecule has 0 fully saturated rings. The lowest BCUT2D eigenvalue weighted by molar-refractivity contribution is -0.141. The van der Waals surface area contributed by atoms with Gasteiger partial charge in [0.15, 0.2) is 0 Å². The summed E-state index contributed by atoms with van der Waals surface area (Å²) in [6.45, 7) is 0.549. The van der Waals surface area contributed by atoms with Gasteiger partial charge in [0, 0.05) is 11.9 Å². The number of fused-ring (bicyclic) bond motifs is 1. The number of aromatic nitrogens is 1. The van der Waals surface area contributed by atoms with Crippen molar-refractivity contribution in [2.45, 2.75) is 13.0 Å². The first-order valence-electron chi connectivity index (χ1n) is 8.78. The average molecular weight is 436 g/mol. The average Bonchev–Trinajstić information content (AvgIpc) is 3.09. The molecule has 6 nitrogen and oxygen atoms in total. The molecule has 0 aliphatic carbocycles. The Kier molecular flexibility index (Phi) is 6.67. The monoisotopic (exact) mass is 435 g/mol. The summed E-state index contributed by atoms with van der Waals surface area (Å²) >= 11 is 12.1. The van der Waals surface area contributed by atoms with Crippen molar-refractivity contribution in [2.75, 3.05) is 20.8 Å². The van der Waals surface area contributed by atoms with Crippen LogP contribution in [0.4, 0.5) is 0 Å². The van der Waals surface area contributed by atoms with E-state index in [1.165, 1.54) is 14.2 Å². The highest BCUT2D eigenvalue weighted by atomic mass is 35.5. The second-order valence-electron chi connectivity index (χ2n) is 6.22. The van der Waals surface area contributed by atoms with Gasteiger partial charge in [0.1, 0.15) is 11.4 Å². The van der Waals surface area contributed by atoms with Gasteiger partial charge in [0.2, 0.25) is 0 Å². The Morgan fingerprint density at radius 3 is 2.48 bits per heavy atom. The SMILES string of the molecule is COC(=O)CCOc1cccc2c1cc(C(=O)OC)n2Cc1ccc(Cl)c(Cl)c1.